The molecule has 0 aliphatic carbocycles. The molecular weight excluding hydrogens is 273 g/mol. The third-order valence-electron chi connectivity index (χ3n) is 2.22. The maximum absolute atomic E-state index is 13.6. The van der Waals surface area contributed by atoms with Crippen LogP contribution in [0.3, 0.4) is 0 Å². The smallest absolute Gasteiger partial charge is 0.335 e. The largest absolute Gasteiger partial charge is 0.478 e. The van der Waals surface area contributed by atoms with E-state index in [1.54, 1.807) is 0 Å². The van der Waals surface area contributed by atoms with Gasteiger partial charge in [-0.3, -0.25) is 4.79 Å². The Bertz CT molecular complexity index is 656. The topological polar surface area (TPSA) is 105 Å². The minimum absolute atomic E-state index is 0.0733. The fourth-order valence-electron chi connectivity index (χ4n) is 1.33. The number of benzene rings is 1. The molecule has 4 N–H and O–H groups in total. The van der Waals surface area contributed by atoms with Gasteiger partial charge in [0.05, 0.1) is 11.3 Å². The zero-order valence-corrected chi connectivity index (χ0v) is 10.2. The number of carbonyl (C=O) groups is 2. The van der Waals surface area contributed by atoms with Crippen molar-refractivity contribution in [3.8, 4) is 0 Å². The Morgan fingerprint density at radius 1 is 1.42 bits per heavy atom. The number of nitrogens with zero attached hydrogens (tertiary/aromatic N) is 1. The highest BCUT2D eigenvalue weighted by Gasteiger charge is 2.14. The van der Waals surface area contributed by atoms with E-state index in [1.807, 2.05) is 0 Å². The van der Waals surface area contributed by atoms with Crippen LogP contribution in [0.2, 0.25) is 0 Å². The fourth-order valence-corrected chi connectivity index (χ4v) is 1.87. The molecule has 1 aromatic carbocycles. The van der Waals surface area contributed by atoms with Gasteiger partial charge in [-0.1, -0.05) is 0 Å². The molecule has 2 aromatic rings. The number of carbonyl (C=O) groups excluding carboxylic acids is 1. The van der Waals surface area contributed by atoms with E-state index in [2.05, 4.69) is 10.3 Å². The van der Waals surface area contributed by atoms with Crippen molar-refractivity contribution >= 4 is 34.0 Å². The van der Waals surface area contributed by atoms with Crippen molar-refractivity contribution in [1.82, 2.24) is 4.98 Å². The highest BCUT2D eigenvalue weighted by atomic mass is 32.1. The van der Waals surface area contributed by atoms with E-state index >= 15 is 0 Å². The lowest BCUT2D eigenvalue weighted by atomic mass is 10.2. The first-order valence-corrected chi connectivity index (χ1v) is 5.90. The van der Waals surface area contributed by atoms with E-state index in [4.69, 9.17) is 10.8 Å². The van der Waals surface area contributed by atoms with Gasteiger partial charge in [0.1, 0.15) is 11.5 Å². The van der Waals surface area contributed by atoms with Crippen LogP contribution in [0.25, 0.3) is 0 Å². The maximum Gasteiger partial charge on any atom is 0.335 e. The summed E-state index contributed by atoms with van der Waals surface area (Å²) in [4.78, 5) is 26.1. The average Bonchev–Trinajstić information content (AvgIpc) is 2.78. The van der Waals surface area contributed by atoms with Crippen LogP contribution >= 0.6 is 11.3 Å². The Balaban J connectivity index is 2.20. The lowest BCUT2D eigenvalue weighted by Gasteiger charge is -2.05. The summed E-state index contributed by atoms with van der Waals surface area (Å²) in [6, 6.07) is 3.19. The highest BCUT2D eigenvalue weighted by Crippen LogP contribution is 2.18. The number of nitrogen functional groups attached to an aromatic ring is 1. The van der Waals surface area contributed by atoms with Gasteiger partial charge < -0.3 is 16.2 Å². The summed E-state index contributed by atoms with van der Waals surface area (Å²) in [5.41, 5.74) is 5.13. The summed E-state index contributed by atoms with van der Waals surface area (Å²) >= 11 is 1.09. The number of carboxylic acid groups (broad SMARTS) is 1. The molecule has 2 rings (SSSR count). The van der Waals surface area contributed by atoms with Gasteiger partial charge in [-0.05, 0) is 18.2 Å². The van der Waals surface area contributed by atoms with Gasteiger partial charge in [0, 0.05) is 5.38 Å². The summed E-state index contributed by atoms with van der Waals surface area (Å²) in [5.74, 6) is -2.70. The first-order valence-electron chi connectivity index (χ1n) is 5.02. The van der Waals surface area contributed by atoms with Gasteiger partial charge in [0.2, 0.25) is 0 Å². The van der Waals surface area contributed by atoms with Crippen molar-refractivity contribution in [2.75, 3.05) is 11.1 Å². The van der Waals surface area contributed by atoms with E-state index in [1.165, 1.54) is 17.5 Å². The third kappa shape index (κ3) is 2.86. The van der Waals surface area contributed by atoms with Crippen LogP contribution in [-0.2, 0) is 0 Å². The van der Waals surface area contributed by atoms with Crippen LogP contribution < -0.4 is 11.1 Å². The first kappa shape index (κ1) is 13.0. The van der Waals surface area contributed by atoms with Gasteiger partial charge in [-0.15, -0.1) is 11.3 Å². The maximum atomic E-state index is 13.6. The van der Waals surface area contributed by atoms with E-state index in [0.717, 1.165) is 17.4 Å². The van der Waals surface area contributed by atoms with E-state index in [9.17, 15) is 14.0 Å². The van der Waals surface area contributed by atoms with Gasteiger partial charge >= 0.3 is 5.97 Å². The summed E-state index contributed by atoms with van der Waals surface area (Å²) in [5, 5.41) is 12.6. The molecule has 1 heterocycles. The molecule has 8 heteroatoms. The van der Waals surface area contributed by atoms with Crippen molar-refractivity contribution in [3.05, 3.63) is 40.7 Å². The summed E-state index contributed by atoms with van der Waals surface area (Å²) in [6.07, 6.45) is 0. The van der Waals surface area contributed by atoms with Gasteiger partial charge in [-0.2, -0.15) is 0 Å². The summed E-state index contributed by atoms with van der Waals surface area (Å²) in [6.45, 7) is 0. The third-order valence-corrected chi connectivity index (χ3v) is 2.89. The highest BCUT2D eigenvalue weighted by molar-refractivity contribution is 7.13. The van der Waals surface area contributed by atoms with Crippen LogP contribution in [0.1, 0.15) is 20.8 Å². The van der Waals surface area contributed by atoms with Gasteiger partial charge in [-0.25, -0.2) is 14.2 Å². The molecule has 0 aliphatic rings. The quantitative estimate of drug-likeness (QED) is 0.795. The Morgan fingerprint density at radius 2 is 2.16 bits per heavy atom. The van der Waals surface area contributed by atoms with Crippen LogP contribution in [0, 0.1) is 5.82 Å². The van der Waals surface area contributed by atoms with Crippen molar-refractivity contribution < 1.29 is 19.1 Å². The van der Waals surface area contributed by atoms with Crippen molar-refractivity contribution in [2.24, 2.45) is 0 Å². The van der Waals surface area contributed by atoms with E-state index < -0.39 is 17.7 Å². The Morgan fingerprint density at radius 3 is 2.68 bits per heavy atom. The average molecular weight is 281 g/mol. The number of thiazole rings is 1. The van der Waals surface area contributed by atoms with Crippen molar-refractivity contribution in [3.63, 3.8) is 0 Å². The van der Waals surface area contributed by atoms with Crippen LogP contribution in [-0.4, -0.2) is 22.0 Å². The van der Waals surface area contributed by atoms with Crippen LogP contribution in [0.5, 0.6) is 0 Å². The zero-order valence-electron chi connectivity index (χ0n) is 9.38. The first-order chi connectivity index (χ1) is 8.97. The van der Waals surface area contributed by atoms with Crippen molar-refractivity contribution in [2.45, 2.75) is 0 Å². The Labute approximate surface area is 110 Å². The lowest BCUT2D eigenvalue weighted by Crippen LogP contribution is -2.14. The van der Waals surface area contributed by atoms with Crippen LogP contribution in [0.4, 0.5) is 15.2 Å². The molecule has 1 aromatic heterocycles. The second-order valence-electron chi connectivity index (χ2n) is 3.52. The lowest BCUT2D eigenvalue weighted by molar-refractivity contribution is 0.0696. The number of carboxylic acids is 1. The summed E-state index contributed by atoms with van der Waals surface area (Å²) < 4.78 is 13.6. The molecule has 0 radical (unpaired) electrons. The predicted octanol–water partition coefficient (Wildman–Crippen LogP) is 1.81. The van der Waals surface area contributed by atoms with Crippen LogP contribution in [0.15, 0.2) is 23.6 Å². The molecule has 6 nitrogen and oxygen atoms in total. The fraction of sp³-hybridized carbons (Fsp3) is 0. The second kappa shape index (κ2) is 5.02. The molecule has 0 saturated carbocycles. The Kier molecular flexibility index (Phi) is 3.43. The molecule has 0 atom stereocenters. The number of hydrogen-bond acceptors (Lipinski definition) is 5. The zero-order chi connectivity index (χ0) is 14.0. The molecule has 0 saturated heterocycles. The number of amides is 1. The molecule has 98 valence electrons. The molecule has 0 unspecified atom stereocenters. The Hall–Kier alpha value is -2.48. The second-order valence-corrected chi connectivity index (χ2v) is 4.41. The molecule has 1 amide bonds. The number of rotatable bonds is 3. The normalized spacial score (nSPS) is 10.2. The number of aromatic nitrogens is 1. The number of anilines is 2. The molecule has 0 bridgehead atoms. The van der Waals surface area contributed by atoms with Crippen molar-refractivity contribution in [1.29, 1.82) is 0 Å². The molecule has 0 aliphatic heterocycles. The minimum Gasteiger partial charge on any atom is -0.478 e. The number of hydrogen-bond donors (Lipinski definition) is 3. The number of aromatic carboxylic acids is 1. The molecule has 0 fully saturated rings. The monoisotopic (exact) mass is 281 g/mol. The van der Waals surface area contributed by atoms with E-state index in [-0.39, 0.29) is 22.1 Å². The number of nitrogens with one attached hydrogen (secondary N) is 1. The molecular formula is C11H8FN3O3S. The minimum atomic E-state index is -1.25. The van der Waals surface area contributed by atoms with E-state index in [0.29, 0.717) is 0 Å². The number of halogens is 1. The number of nitrogens with two attached hydrogens (primary N) is 1. The molecule has 19 heavy (non-hydrogen) atoms. The van der Waals surface area contributed by atoms with Gasteiger partial charge in [0.15, 0.2) is 5.13 Å². The summed E-state index contributed by atoms with van der Waals surface area (Å²) in [7, 11) is 0. The molecule has 0 spiro atoms. The van der Waals surface area contributed by atoms with Gasteiger partial charge in [0.25, 0.3) is 5.91 Å². The SMILES string of the molecule is Nc1nc(C(=O)Nc2ccc(C(=O)O)cc2F)cs1. The standard InChI is InChI=1S/C11H8FN3O3S/c12-6-3-5(10(17)18)1-2-7(6)14-9(16)8-4-19-11(13)15-8/h1-4H,(H2,13,15)(H,14,16)(H,17,18). The predicted molar refractivity (Wildman–Crippen MR) is 67.8 cm³/mol.